The quantitative estimate of drug-likeness (QED) is 0.443. The molecule has 0 amide bonds. The van der Waals surface area contributed by atoms with Gasteiger partial charge in [0, 0.05) is 16.6 Å². The van der Waals surface area contributed by atoms with E-state index in [0.29, 0.717) is 0 Å². The Balaban J connectivity index is 1.85. The molecule has 0 spiro atoms. The number of rotatable bonds is 0. The standard InChI is InChI=1S/C21H19N/c1-21(2)9-5-8-18-20(21)17-12-16-14(11-19(17)22-18)10-13-6-3-4-7-15(13)16/h3-8,11-12,22H,9-10H2,1-2H3. The van der Waals surface area contributed by atoms with E-state index in [0.717, 1.165) is 12.8 Å². The first-order chi connectivity index (χ1) is 10.6. The molecule has 1 nitrogen and oxygen atoms in total. The Morgan fingerprint density at radius 3 is 2.77 bits per heavy atom. The Bertz CT molecular complexity index is 953. The second-order valence-corrected chi connectivity index (χ2v) is 7.29. The molecule has 0 radical (unpaired) electrons. The van der Waals surface area contributed by atoms with E-state index in [4.69, 9.17) is 0 Å². The summed E-state index contributed by atoms with van der Waals surface area (Å²) in [6.45, 7) is 4.70. The van der Waals surface area contributed by atoms with Crippen LogP contribution in [0.15, 0.2) is 42.5 Å². The number of fused-ring (bicyclic) bond motifs is 6. The number of H-pyrrole nitrogens is 1. The zero-order valence-electron chi connectivity index (χ0n) is 13.0. The molecule has 5 rings (SSSR count). The summed E-state index contributed by atoms with van der Waals surface area (Å²) in [6.07, 6.45) is 6.71. The fourth-order valence-corrected chi connectivity index (χ4v) is 4.27. The third kappa shape index (κ3) is 1.49. The lowest BCUT2D eigenvalue weighted by molar-refractivity contribution is 0.533. The molecule has 0 unspecified atom stereocenters. The van der Waals surface area contributed by atoms with Gasteiger partial charge in [-0.3, -0.25) is 0 Å². The van der Waals surface area contributed by atoms with Crippen molar-refractivity contribution in [1.29, 1.82) is 0 Å². The average molecular weight is 285 g/mol. The third-order valence-corrected chi connectivity index (χ3v) is 5.33. The smallest absolute Gasteiger partial charge is 0.0465 e. The molecule has 0 atom stereocenters. The van der Waals surface area contributed by atoms with Crippen LogP contribution in [0.5, 0.6) is 0 Å². The first kappa shape index (κ1) is 12.3. The first-order valence-corrected chi connectivity index (χ1v) is 8.07. The molecular formula is C21H19N. The minimum absolute atomic E-state index is 0.203. The summed E-state index contributed by atoms with van der Waals surface area (Å²) in [7, 11) is 0. The number of aromatic nitrogens is 1. The predicted octanol–water partition coefficient (Wildman–Crippen LogP) is 5.43. The van der Waals surface area contributed by atoms with Crippen LogP contribution < -0.4 is 0 Å². The van der Waals surface area contributed by atoms with Crippen molar-refractivity contribution in [2.45, 2.75) is 32.1 Å². The normalized spacial score (nSPS) is 17.4. The second kappa shape index (κ2) is 3.92. The highest BCUT2D eigenvalue weighted by molar-refractivity contribution is 5.95. The van der Waals surface area contributed by atoms with Gasteiger partial charge in [-0.2, -0.15) is 0 Å². The number of allylic oxidation sites excluding steroid dienone is 1. The summed E-state index contributed by atoms with van der Waals surface area (Å²) < 4.78 is 0. The molecule has 0 aliphatic heterocycles. The minimum Gasteiger partial charge on any atom is -0.355 e. The topological polar surface area (TPSA) is 15.8 Å². The van der Waals surface area contributed by atoms with Crippen molar-refractivity contribution < 1.29 is 0 Å². The summed E-state index contributed by atoms with van der Waals surface area (Å²) in [6, 6.07) is 13.6. The van der Waals surface area contributed by atoms with Gasteiger partial charge in [0.1, 0.15) is 0 Å². The lowest BCUT2D eigenvalue weighted by atomic mass is 9.77. The average Bonchev–Trinajstić information content (AvgIpc) is 3.02. The number of aromatic amines is 1. The largest absolute Gasteiger partial charge is 0.355 e. The molecule has 1 heterocycles. The lowest BCUT2D eigenvalue weighted by Crippen LogP contribution is -2.19. The summed E-state index contributed by atoms with van der Waals surface area (Å²) in [5.74, 6) is 0. The SMILES string of the molecule is CC1(C)CC=Cc2[nH]c3cc4c(cc3c21)-c1ccccc1C4. The van der Waals surface area contributed by atoms with Gasteiger partial charge in [-0.15, -0.1) is 0 Å². The predicted molar refractivity (Wildman–Crippen MR) is 93.2 cm³/mol. The molecule has 2 aliphatic carbocycles. The molecule has 2 aromatic carbocycles. The highest BCUT2D eigenvalue weighted by Gasteiger charge is 2.30. The molecule has 0 fully saturated rings. The fraction of sp³-hybridized carbons (Fsp3) is 0.238. The lowest BCUT2D eigenvalue weighted by Gasteiger charge is -2.27. The van der Waals surface area contributed by atoms with E-state index in [1.54, 1.807) is 0 Å². The van der Waals surface area contributed by atoms with E-state index in [-0.39, 0.29) is 5.41 Å². The van der Waals surface area contributed by atoms with Gasteiger partial charge in [-0.05, 0) is 64.3 Å². The van der Waals surface area contributed by atoms with Crippen LogP contribution in [0.25, 0.3) is 28.1 Å². The van der Waals surface area contributed by atoms with Crippen LogP contribution in [0.3, 0.4) is 0 Å². The van der Waals surface area contributed by atoms with Crippen molar-refractivity contribution in [1.82, 2.24) is 4.98 Å². The molecule has 22 heavy (non-hydrogen) atoms. The Hall–Kier alpha value is -2.28. The van der Waals surface area contributed by atoms with Crippen LogP contribution in [0, 0.1) is 0 Å². The molecule has 2 aliphatic rings. The van der Waals surface area contributed by atoms with Crippen molar-refractivity contribution in [2.24, 2.45) is 0 Å². The maximum atomic E-state index is 3.64. The summed E-state index contributed by atoms with van der Waals surface area (Å²) in [5, 5.41) is 1.40. The van der Waals surface area contributed by atoms with Gasteiger partial charge in [0.05, 0.1) is 0 Å². The van der Waals surface area contributed by atoms with Crippen molar-refractivity contribution in [3.63, 3.8) is 0 Å². The van der Waals surface area contributed by atoms with Crippen LogP contribution in [0.4, 0.5) is 0 Å². The second-order valence-electron chi connectivity index (χ2n) is 7.29. The van der Waals surface area contributed by atoms with E-state index >= 15 is 0 Å². The molecule has 0 saturated heterocycles. The molecule has 1 heteroatoms. The number of nitrogens with one attached hydrogen (secondary N) is 1. The van der Waals surface area contributed by atoms with E-state index in [1.165, 1.54) is 44.4 Å². The highest BCUT2D eigenvalue weighted by atomic mass is 14.7. The molecule has 108 valence electrons. The fourth-order valence-electron chi connectivity index (χ4n) is 4.27. The van der Waals surface area contributed by atoms with Gasteiger partial charge in [-0.1, -0.05) is 44.2 Å². The summed E-state index contributed by atoms with van der Waals surface area (Å²) >= 11 is 0. The molecule has 0 saturated carbocycles. The van der Waals surface area contributed by atoms with Crippen molar-refractivity contribution >= 4 is 17.0 Å². The maximum Gasteiger partial charge on any atom is 0.0465 e. The minimum atomic E-state index is 0.203. The van der Waals surface area contributed by atoms with Gasteiger partial charge in [0.15, 0.2) is 0 Å². The highest BCUT2D eigenvalue weighted by Crippen LogP contribution is 2.44. The van der Waals surface area contributed by atoms with Gasteiger partial charge in [0.25, 0.3) is 0 Å². The molecule has 0 bridgehead atoms. The van der Waals surface area contributed by atoms with E-state index < -0.39 is 0 Å². The molecule has 1 aromatic heterocycles. The van der Waals surface area contributed by atoms with Crippen LogP contribution >= 0.6 is 0 Å². The Morgan fingerprint density at radius 1 is 1.00 bits per heavy atom. The molecule has 1 N–H and O–H groups in total. The summed E-state index contributed by atoms with van der Waals surface area (Å²) in [4.78, 5) is 3.64. The van der Waals surface area contributed by atoms with Gasteiger partial charge in [-0.25, -0.2) is 0 Å². The van der Waals surface area contributed by atoms with Crippen LogP contribution in [0.2, 0.25) is 0 Å². The van der Waals surface area contributed by atoms with Crippen molar-refractivity contribution in [3.8, 4) is 11.1 Å². The van der Waals surface area contributed by atoms with Gasteiger partial charge < -0.3 is 4.98 Å². The monoisotopic (exact) mass is 285 g/mol. The third-order valence-electron chi connectivity index (χ3n) is 5.33. The van der Waals surface area contributed by atoms with Crippen LogP contribution in [-0.2, 0) is 11.8 Å². The molecule has 3 aromatic rings. The molecular weight excluding hydrogens is 266 g/mol. The van der Waals surface area contributed by atoms with Crippen LogP contribution in [-0.4, -0.2) is 4.98 Å². The zero-order valence-corrected chi connectivity index (χ0v) is 13.0. The van der Waals surface area contributed by atoms with Crippen LogP contribution in [0.1, 0.15) is 42.7 Å². The van der Waals surface area contributed by atoms with E-state index in [9.17, 15) is 0 Å². The van der Waals surface area contributed by atoms with E-state index in [1.807, 2.05) is 0 Å². The first-order valence-electron chi connectivity index (χ1n) is 8.07. The van der Waals surface area contributed by atoms with Crippen molar-refractivity contribution in [2.75, 3.05) is 0 Å². The van der Waals surface area contributed by atoms with E-state index in [2.05, 4.69) is 67.4 Å². The summed E-state index contributed by atoms with van der Waals surface area (Å²) in [5.41, 5.74) is 10.0. The van der Waals surface area contributed by atoms with Gasteiger partial charge >= 0.3 is 0 Å². The zero-order chi connectivity index (χ0) is 14.9. The number of hydrogen-bond donors (Lipinski definition) is 1. The number of hydrogen-bond acceptors (Lipinski definition) is 0. The Labute approximate surface area is 130 Å². The Kier molecular flexibility index (Phi) is 2.19. The number of benzene rings is 2. The maximum absolute atomic E-state index is 3.64. The Morgan fingerprint density at radius 2 is 1.86 bits per heavy atom. The van der Waals surface area contributed by atoms with Gasteiger partial charge in [0.2, 0.25) is 0 Å². The van der Waals surface area contributed by atoms with Crippen molar-refractivity contribution in [3.05, 3.63) is 64.9 Å².